The van der Waals surface area contributed by atoms with Gasteiger partial charge in [-0.25, -0.2) is 4.98 Å². The Morgan fingerprint density at radius 1 is 1.05 bits per heavy atom. The summed E-state index contributed by atoms with van der Waals surface area (Å²) < 4.78 is 41.3. The van der Waals surface area contributed by atoms with E-state index in [4.69, 9.17) is 0 Å². The van der Waals surface area contributed by atoms with Crippen molar-refractivity contribution < 1.29 is 22.8 Å². The van der Waals surface area contributed by atoms with E-state index in [1.807, 2.05) is 30.3 Å². The Labute approximate surface area is 212 Å². The van der Waals surface area contributed by atoms with Crippen LogP contribution in [0.5, 0.6) is 0 Å². The standard InChI is InChI=1S/C26H27F3N6O2/c1-17(36)35-13-7-10-19(16-35)31-25-30-15-20(26(27,28)29)24(34-25)33-22-12-6-5-11-21(22)32-23(37)14-18-8-3-2-4-9-18/h2-6,8-9,11-12,15,19H,7,10,13-14,16H2,1H3,(H,32,37)(H2,30,31,33,34)/t19-/m0/s1. The molecular weight excluding hydrogens is 485 g/mol. The highest BCUT2D eigenvalue weighted by Crippen LogP contribution is 2.36. The lowest BCUT2D eigenvalue weighted by molar-refractivity contribution is -0.137. The second-order valence-corrected chi connectivity index (χ2v) is 8.78. The Morgan fingerprint density at radius 3 is 2.46 bits per heavy atom. The number of para-hydroxylation sites is 2. The fourth-order valence-electron chi connectivity index (χ4n) is 4.12. The molecule has 4 rings (SSSR count). The molecule has 1 fully saturated rings. The van der Waals surface area contributed by atoms with Crippen LogP contribution in [0.1, 0.15) is 30.9 Å². The summed E-state index contributed by atoms with van der Waals surface area (Å²) in [6, 6.07) is 15.4. The molecule has 194 valence electrons. The van der Waals surface area contributed by atoms with Crippen LogP contribution in [0, 0.1) is 0 Å². The first-order chi connectivity index (χ1) is 17.7. The second kappa shape index (κ2) is 11.3. The summed E-state index contributed by atoms with van der Waals surface area (Å²) >= 11 is 0. The average Bonchev–Trinajstić information content (AvgIpc) is 2.85. The third kappa shape index (κ3) is 6.96. The zero-order valence-corrected chi connectivity index (χ0v) is 20.2. The van der Waals surface area contributed by atoms with Crippen LogP contribution in [-0.4, -0.2) is 45.8 Å². The van der Waals surface area contributed by atoms with Crippen molar-refractivity contribution in [3.05, 3.63) is 71.9 Å². The van der Waals surface area contributed by atoms with Crippen LogP contribution in [0.3, 0.4) is 0 Å². The van der Waals surface area contributed by atoms with E-state index in [-0.39, 0.29) is 35.9 Å². The second-order valence-electron chi connectivity index (χ2n) is 8.78. The number of nitrogens with one attached hydrogen (secondary N) is 3. The molecule has 1 aliphatic rings. The van der Waals surface area contributed by atoms with E-state index in [0.29, 0.717) is 18.8 Å². The molecule has 3 N–H and O–H groups in total. The molecule has 0 radical (unpaired) electrons. The van der Waals surface area contributed by atoms with Gasteiger partial charge in [0.05, 0.1) is 17.8 Å². The zero-order chi connectivity index (χ0) is 26.4. The number of hydrogen-bond acceptors (Lipinski definition) is 6. The Hall–Kier alpha value is -4.15. The topological polar surface area (TPSA) is 99.3 Å². The predicted molar refractivity (Wildman–Crippen MR) is 134 cm³/mol. The molecule has 2 heterocycles. The summed E-state index contributed by atoms with van der Waals surface area (Å²) in [5.74, 6) is -0.813. The van der Waals surface area contributed by atoms with Gasteiger partial charge in [-0.05, 0) is 30.5 Å². The number of rotatable bonds is 7. The SMILES string of the molecule is CC(=O)N1CCC[C@H](Nc2ncc(C(F)(F)F)c(Nc3ccccc3NC(=O)Cc3ccccc3)n2)C1. The molecule has 2 aromatic carbocycles. The van der Waals surface area contributed by atoms with Crippen LogP contribution in [0.2, 0.25) is 0 Å². The first-order valence-electron chi connectivity index (χ1n) is 11.8. The van der Waals surface area contributed by atoms with Crippen LogP contribution >= 0.6 is 0 Å². The quantitative estimate of drug-likeness (QED) is 0.419. The minimum Gasteiger partial charge on any atom is -0.350 e. The largest absolute Gasteiger partial charge is 0.421 e. The smallest absolute Gasteiger partial charge is 0.350 e. The van der Waals surface area contributed by atoms with Crippen molar-refractivity contribution in [2.24, 2.45) is 0 Å². The maximum atomic E-state index is 13.8. The molecule has 1 saturated heterocycles. The van der Waals surface area contributed by atoms with E-state index < -0.39 is 17.6 Å². The van der Waals surface area contributed by atoms with Gasteiger partial charge in [0.1, 0.15) is 11.4 Å². The molecule has 1 atom stereocenters. The lowest BCUT2D eigenvalue weighted by Crippen LogP contribution is -2.44. The zero-order valence-electron chi connectivity index (χ0n) is 20.2. The number of anilines is 4. The summed E-state index contributed by atoms with van der Waals surface area (Å²) in [7, 11) is 0. The number of alkyl halides is 3. The minimum absolute atomic E-state index is 0.0106. The van der Waals surface area contributed by atoms with E-state index in [1.54, 1.807) is 29.2 Å². The number of likely N-dealkylation sites (tertiary alicyclic amines) is 1. The number of benzene rings is 2. The highest BCUT2D eigenvalue weighted by molar-refractivity contribution is 5.96. The summed E-state index contributed by atoms with van der Waals surface area (Å²) in [4.78, 5) is 34.0. The van der Waals surface area contributed by atoms with Gasteiger partial charge in [0.2, 0.25) is 17.8 Å². The van der Waals surface area contributed by atoms with Crippen LogP contribution in [0.15, 0.2) is 60.8 Å². The van der Waals surface area contributed by atoms with E-state index in [0.717, 1.165) is 24.6 Å². The summed E-state index contributed by atoms with van der Waals surface area (Å²) in [6.07, 6.45) is -2.38. The van der Waals surface area contributed by atoms with Gasteiger partial charge < -0.3 is 20.9 Å². The lowest BCUT2D eigenvalue weighted by Gasteiger charge is -2.32. The molecule has 1 aromatic heterocycles. The Balaban J connectivity index is 1.55. The van der Waals surface area contributed by atoms with Crippen LogP contribution in [-0.2, 0) is 22.2 Å². The maximum absolute atomic E-state index is 13.8. The third-order valence-electron chi connectivity index (χ3n) is 5.96. The molecule has 37 heavy (non-hydrogen) atoms. The van der Waals surface area contributed by atoms with Gasteiger partial charge in [-0.1, -0.05) is 42.5 Å². The summed E-state index contributed by atoms with van der Waals surface area (Å²) in [5.41, 5.74) is 0.327. The highest BCUT2D eigenvalue weighted by Gasteiger charge is 2.36. The van der Waals surface area contributed by atoms with Gasteiger partial charge in [-0.2, -0.15) is 18.2 Å². The number of amides is 2. The molecular formula is C26H27F3N6O2. The van der Waals surface area contributed by atoms with Gasteiger partial charge in [0, 0.05) is 32.3 Å². The van der Waals surface area contributed by atoms with Crippen molar-refractivity contribution >= 4 is 35.0 Å². The highest BCUT2D eigenvalue weighted by atomic mass is 19.4. The molecule has 0 bridgehead atoms. The molecule has 2 amide bonds. The molecule has 1 aliphatic heterocycles. The molecule has 8 nitrogen and oxygen atoms in total. The number of carbonyl (C=O) groups excluding carboxylic acids is 2. The van der Waals surface area contributed by atoms with Crippen molar-refractivity contribution in [2.75, 3.05) is 29.0 Å². The normalized spacial score (nSPS) is 15.7. The van der Waals surface area contributed by atoms with E-state index in [2.05, 4.69) is 25.9 Å². The number of hydrogen-bond donors (Lipinski definition) is 3. The molecule has 0 aliphatic carbocycles. The summed E-state index contributed by atoms with van der Waals surface area (Å²) in [5, 5.41) is 8.54. The van der Waals surface area contributed by atoms with Gasteiger partial charge in [0.15, 0.2) is 0 Å². The number of carbonyl (C=O) groups is 2. The van der Waals surface area contributed by atoms with E-state index in [9.17, 15) is 22.8 Å². The molecule has 11 heteroatoms. The minimum atomic E-state index is -4.71. The van der Waals surface area contributed by atoms with Gasteiger partial charge in [-0.15, -0.1) is 0 Å². The van der Waals surface area contributed by atoms with Crippen molar-refractivity contribution in [3.63, 3.8) is 0 Å². The van der Waals surface area contributed by atoms with Crippen LogP contribution in [0.25, 0.3) is 0 Å². The van der Waals surface area contributed by atoms with Crippen molar-refractivity contribution in [1.29, 1.82) is 0 Å². The van der Waals surface area contributed by atoms with Crippen molar-refractivity contribution in [1.82, 2.24) is 14.9 Å². The van der Waals surface area contributed by atoms with Gasteiger partial charge in [-0.3, -0.25) is 9.59 Å². The van der Waals surface area contributed by atoms with Gasteiger partial charge >= 0.3 is 6.18 Å². The number of aromatic nitrogens is 2. The monoisotopic (exact) mass is 512 g/mol. The fourth-order valence-corrected chi connectivity index (χ4v) is 4.12. The van der Waals surface area contributed by atoms with E-state index >= 15 is 0 Å². The van der Waals surface area contributed by atoms with E-state index in [1.165, 1.54) is 6.92 Å². The molecule has 0 spiro atoms. The Kier molecular flexibility index (Phi) is 7.90. The third-order valence-corrected chi connectivity index (χ3v) is 5.96. The molecule has 0 unspecified atom stereocenters. The lowest BCUT2D eigenvalue weighted by atomic mass is 10.1. The Morgan fingerprint density at radius 2 is 1.76 bits per heavy atom. The van der Waals surface area contributed by atoms with Crippen molar-refractivity contribution in [2.45, 2.75) is 38.4 Å². The number of halogens is 3. The molecule has 3 aromatic rings. The number of nitrogens with zero attached hydrogens (tertiary/aromatic N) is 3. The summed E-state index contributed by atoms with van der Waals surface area (Å²) in [6.45, 7) is 2.54. The van der Waals surface area contributed by atoms with Crippen molar-refractivity contribution in [3.8, 4) is 0 Å². The van der Waals surface area contributed by atoms with Gasteiger partial charge in [0.25, 0.3) is 0 Å². The number of piperidine rings is 1. The maximum Gasteiger partial charge on any atom is 0.421 e. The average molecular weight is 513 g/mol. The first kappa shape index (κ1) is 25.9. The van der Waals surface area contributed by atoms with Crippen LogP contribution < -0.4 is 16.0 Å². The van der Waals surface area contributed by atoms with Crippen LogP contribution in [0.4, 0.5) is 36.3 Å². The predicted octanol–water partition coefficient (Wildman–Crippen LogP) is 4.84. The fraction of sp³-hybridized carbons (Fsp3) is 0.308. The Bertz CT molecular complexity index is 1250. The first-order valence-corrected chi connectivity index (χ1v) is 11.8. The molecule has 0 saturated carbocycles.